The number of nitrogens with zero attached hydrogens (tertiary/aromatic N) is 2. The molecule has 0 aliphatic rings. The highest BCUT2D eigenvalue weighted by Crippen LogP contribution is 2.21. The Morgan fingerprint density at radius 2 is 2.05 bits per heavy atom. The SMILES string of the molecule is Cc1ccccc1CCC(Cc1c(C)nn(C)c1Cl)NN. The lowest BCUT2D eigenvalue weighted by Crippen LogP contribution is -2.37. The number of hydrogen-bond acceptors (Lipinski definition) is 3. The third-order valence-electron chi connectivity index (χ3n) is 3.98. The van der Waals surface area contributed by atoms with Gasteiger partial charge in [0, 0.05) is 18.7 Å². The Balaban J connectivity index is 2.02. The van der Waals surface area contributed by atoms with E-state index in [-0.39, 0.29) is 6.04 Å². The maximum atomic E-state index is 6.29. The van der Waals surface area contributed by atoms with Crippen LogP contribution in [0.5, 0.6) is 0 Å². The van der Waals surface area contributed by atoms with Crippen molar-refractivity contribution in [3.05, 3.63) is 51.8 Å². The Bertz CT molecular complexity index is 606. The molecule has 1 unspecified atom stereocenters. The van der Waals surface area contributed by atoms with E-state index >= 15 is 0 Å². The summed E-state index contributed by atoms with van der Waals surface area (Å²) < 4.78 is 1.71. The van der Waals surface area contributed by atoms with E-state index in [4.69, 9.17) is 17.4 Å². The second-order valence-corrected chi connectivity index (χ2v) is 5.87. The summed E-state index contributed by atoms with van der Waals surface area (Å²) in [6, 6.07) is 8.64. The van der Waals surface area contributed by atoms with E-state index in [1.165, 1.54) is 11.1 Å². The topological polar surface area (TPSA) is 55.9 Å². The lowest BCUT2D eigenvalue weighted by molar-refractivity contribution is 0.490. The van der Waals surface area contributed by atoms with Gasteiger partial charge in [0.2, 0.25) is 0 Å². The molecule has 0 aliphatic heterocycles. The van der Waals surface area contributed by atoms with Crippen molar-refractivity contribution in [2.24, 2.45) is 12.9 Å². The molecule has 1 aromatic heterocycles. The quantitative estimate of drug-likeness (QED) is 0.637. The van der Waals surface area contributed by atoms with E-state index in [1.54, 1.807) is 4.68 Å². The molecular weight excluding hydrogens is 284 g/mol. The van der Waals surface area contributed by atoms with Gasteiger partial charge in [-0.1, -0.05) is 35.9 Å². The maximum absolute atomic E-state index is 6.29. The fourth-order valence-corrected chi connectivity index (χ4v) is 2.87. The number of hydrazine groups is 1. The van der Waals surface area contributed by atoms with Crippen molar-refractivity contribution < 1.29 is 0 Å². The molecule has 5 heteroatoms. The number of halogens is 1. The first-order chi connectivity index (χ1) is 10.0. The molecule has 21 heavy (non-hydrogen) atoms. The number of hydrogen-bond donors (Lipinski definition) is 2. The summed E-state index contributed by atoms with van der Waals surface area (Å²) in [6.45, 7) is 4.12. The summed E-state index contributed by atoms with van der Waals surface area (Å²) in [7, 11) is 1.86. The smallest absolute Gasteiger partial charge is 0.130 e. The average Bonchev–Trinajstić information content (AvgIpc) is 2.70. The van der Waals surface area contributed by atoms with Gasteiger partial charge in [-0.05, 0) is 44.2 Å². The van der Waals surface area contributed by atoms with Crippen LogP contribution >= 0.6 is 11.6 Å². The van der Waals surface area contributed by atoms with Crippen LogP contribution in [0.4, 0.5) is 0 Å². The van der Waals surface area contributed by atoms with Crippen LogP contribution in [-0.2, 0) is 19.9 Å². The Morgan fingerprint density at radius 1 is 1.33 bits per heavy atom. The highest BCUT2D eigenvalue weighted by molar-refractivity contribution is 6.30. The second-order valence-electron chi connectivity index (χ2n) is 5.51. The number of nitrogens with one attached hydrogen (secondary N) is 1. The molecule has 0 aliphatic carbocycles. The zero-order valence-electron chi connectivity index (χ0n) is 12.9. The first-order valence-electron chi connectivity index (χ1n) is 7.21. The molecule has 1 atom stereocenters. The van der Waals surface area contributed by atoms with Crippen molar-refractivity contribution in [1.82, 2.24) is 15.2 Å². The molecule has 0 saturated carbocycles. The van der Waals surface area contributed by atoms with Gasteiger partial charge in [0.1, 0.15) is 5.15 Å². The molecule has 0 radical (unpaired) electrons. The van der Waals surface area contributed by atoms with Gasteiger partial charge in [-0.25, -0.2) is 0 Å². The van der Waals surface area contributed by atoms with Crippen molar-refractivity contribution in [2.45, 2.75) is 39.2 Å². The molecule has 2 aromatic rings. The van der Waals surface area contributed by atoms with E-state index < -0.39 is 0 Å². The molecule has 0 spiro atoms. The molecule has 3 N–H and O–H groups in total. The van der Waals surface area contributed by atoms with Gasteiger partial charge < -0.3 is 0 Å². The molecule has 0 saturated heterocycles. The van der Waals surface area contributed by atoms with Crippen LogP contribution in [0.2, 0.25) is 5.15 Å². The van der Waals surface area contributed by atoms with Crippen LogP contribution in [0, 0.1) is 13.8 Å². The molecular formula is C16H23ClN4. The number of aryl methyl sites for hydroxylation is 4. The van der Waals surface area contributed by atoms with E-state index in [0.29, 0.717) is 5.15 Å². The van der Waals surface area contributed by atoms with Crippen LogP contribution < -0.4 is 11.3 Å². The van der Waals surface area contributed by atoms with Crippen molar-refractivity contribution in [3.8, 4) is 0 Å². The Labute approximate surface area is 131 Å². The number of rotatable bonds is 6. The average molecular weight is 307 g/mol. The molecule has 4 nitrogen and oxygen atoms in total. The number of aromatic nitrogens is 2. The van der Waals surface area contributed by atoms with Crippen molar-refractivity contribution in [1.29, 1.82) is 0 Å². The molecule has 0 amide bonds. The molecule has 2 rings (SSSR count). The van der Waals surface area contributed by atoms with Gasteiger partial charge >= 0.3 is 0 Å². The van der Waals surface area contributed by atoms with Gasteiger partial charge in [0.15, 0.2) is 0 Å². The zero-order valence-corrected chi connectivity index (χ0v) is 13.6. The van der Waals surface area contributed by atoms with Crippen LogP contribution in [-0.4, -0.2) is 15.8 Å². The standard InChI is InChI=1S/C16H23ClN4/c1-11-6-4-5-7-13(11)8-9-14(19-18)10-15-12(2)20-21(3)16(15)17/h4-7,14,19H,8-10,18H2,1-3H3. The minimum atomic E-state index is 0.185. The molecule has 0 bridgehead atoms. The number of benzene rings is 1. The minimum absolute atomic E-state index is 0.185. The van der Waals surface area contributed by atoms with E-state index in [9.17, 15) is 0 Å². The Morgan fingerprint density at radius 3 is 2.62 bits per heavy atom. The van der Waals surface area contributed by atoms with Crippen molar-refractivity contribution in [2.75, 3.05) is 0 Å². The molecule has 0 fully saturated rings. The van der Waals surface area contributed by atoms with Gasteiger partial charge in [-0.3, -0.25) is 16.0 Å². The normalized spacial score (nSPS) is 12.6. The highest BCUT2D eigenvalue weighted by Gasteiger charge is 2.16. The van der Waals surface area contributed by atoms with Crippen LogP contribution in [0.1, 0.15) is 28.8 Å². The molecule has 114 valence electrons. The van der Waals surface area contributed by atoms with Gasteiger partial charge in [-0.15, -0.1) is 0 Å². The van der Waals surface area contributed by atoms with Crippen LogP contribution in [0.15, 0.2) is 24.3 Å². The van der Waals surface area contributed by atoms with Crippen LogP contribution in [0.25, 0.3) is 0 Å². The lowest BCUT2D eigenvalue weighted by atomic mass is 9.97. The minimum Gasteiger partial charge on any atom is -0.271 e. The zero-order chi connectivity index (χ0) is 15.4. The summed E-state index contributed by atoms with van der Waals surface area (Å²) >= 11 is 6.29. The van der Waals surface area contributed by atoms with E-state index in [1.807, 2.05) is 14.0 Å². The van der Waals surface area contributed by atoms with Crippen molar-refractivity contribution in [3.63, 3.8) is 0 Å². The number of nitrogens with two attached hydrogens (primary N) is 1. The summed E-state index contributed by atoms with van der Waals surface area (Å²) in [5.74, 6) is 5.71. The predicted molar refractivity (Wildman–Crippen MR) is 87.3 cm³/mol. The summed E-state index contributed by atoms with van der Waals surface area (Å²) in [4.78, 5) is 0. The predicted octanol–water partition coefficient (Wildman–Crippen LogP) is 2.70. The van der Waals surface area contributed by atoms with Gasteiger partial charge in [-0.2, -0.15) is 5.10 Å². The summed E-state index contributed by atoms with van der Waals surface area (Å²) in [6.07, 6.45) is 2.76. The van der Waals surface area contributed by atoms with Crippen molar-refractivity contribution >= 4 is 11.6 Å². The summed E-state index contributed by atoms with van der Waals surface area (Å²) in [5.41, 5.74) is 7.65. The first kappa shape index (κ1) is 16.0. The monoisotopic (exact) mass is 306 g/mol. The summed E-state index contributed by atoms with van der Waals surface area (Å²) in [5, 5.41) is 5.04. The fourth-order valence-electron chi connectivity index (χ4n) is 2.62. The third kappa shape index (κ3) is 3.84. The second kappa shape index (κ2) is 7.07. The fraction of sp³-hybridized carbons (Fsp3) is 0.438. The lowest BCUT2D eigenvalue weighted by Gasteiger charge is -2.16. The molecule has 1 heterocycles. The Kier molecular flexibility index (Phi) is 5.39. The van der Waals surface area contributed by atoms with Gasteiger partial charge in [0.25, 0.3) is 0 Å². The molecule has 1 aromatic carbocycles. The maximum Gasteiger partial charge on any atom is 0.130 e. The highest BCUT2D eigenvalue weighted by atomic mass is 35.5. The third-order valence-corrected chi connectivity index (χ3v) is 4.45. The van der Waals surface area contributed by atoms with Gasteiger partial charge in [0.05, 0.1) is 5.69 Å². The largest absolute Gasteiger partial charge is 0.271 e. The van der Waals surface area contributed by atoms with Crippen LogP contribution in [0.3, 0.4) is 0 Å². The first-order valence-corrected chi connectivity index (χ1v) is 7.59. The van der Waals surface area contributed by atoms with E-state index in [2.05, 4.69) is 41.7 Å². The van der Waals surface area contributed by atoms with E-state index in [0.717, 1.165) is 30.5 Å². The Hall–Kier alpha value is -1.36.